The molecule has 7 nitrogen and oxygen atoms in total. The van der Waals surface area contributed by atoms with Crippen molar-refractivity contribution < 1.29 is 23.9 Å². The minimum absolute atomic E-state index is 0.0595. The van der Waals surface area contributed by atoms with Gasteiger partial charge < -0.3 is 20.1 Å². The molecule has 0 aliphatic heterocycles. The van der Waals surface area contributed by atoms with Gasteiger partial charge in [-0.05, 0) is 62.3 Å². The van der Waals surface area contributed by atoms with E-state index in [0.29, 0.717) is 25.8 Å². The van der Waals surface area contributed by atoms with Crippen LogP contribution in [0.2, 0.25) is 0 Å². The van der Waals surface area contributed by atoms with Crippen LogP contribution in [0, 0.1) is 0 Å². The van der Waals surface area contributed by atoms with Crippen LogP contribution in [-0.2, 0) is 19.1 Å². The molecule has 182 valence electrons. The van der Waals surface area contributed by atoms with Gasteiger partial charge in [-0.3, -0.25) is 4.79 Å². The van der Waals surface area contributed by atoms with Crippen LogP contribution in [0.25, 0.3) is 11.1 Å². The average molecular weight is 467 g/mol. The van der Waals surface area contributed by atoms with E-state index < -0.39 is 23.7 Å². The third kappa shape index (κ3) is 6.83. The number of amides is 2. The molecule has 2 N–H and O–H groups in total. The van der Waals surface area contributed by atoms with Crippen molar-refractivity contribution in [1.82, 2.24) is 10.6 Å². The zero-order chi connectivity index (χ0) is 24.7. The standard InChI is InChI=1S/C27H34N2O5/c1-18(30)28-16-10-9-15-24(25(31)34-27(2,3)4)29-26(32)33-17-23-21-13-7-5-11-19(21)20-12-6-8-14-22(20)23/h5-8,11-14,23-24H,9-10,15-17H2,1-4H3,(H,28,30)(H,29,32). The van der Waals surface area contributed by atoms with Crippen molar-refractivity contribution in [2.45, 2.75) is 64.5 Å². The molecule has 1 unspecified atom stereocenters. The summed E-state index contributed by atoms with van der Waals surface area (Å²) in [5, 5.41) is 5.42. The lowest BCUT2D eigenvalue weighted by atomic mass is 9.98. The van der Waals surface area contributed by atoms with Crippen LogP contribution in [0.1, 0.15) is 64.0 Å². The first kappa shape index (κ1) is 25.3. The van der Waals surface area contributed by atoms with E-state index in [1.165, 1.54) is 6.92 Å². The Kier molecular flexibility index (Phi) is 8.31. The monoisotopic (exact) mass is 466 g/mol. The normalized spacial score (nSPS) is 13.4. The summed E-state index contributed by atoms with van der Waals surface area (Å²) < 4.78 is 11.1. The van der Waals surface area contributed by atoms with Crippen LogP contribution in [0.4, 0.5) is 4.79 Å². The van der Waals surface area contributed by atoms with Gasteiger partial charge in [-0.15, -0.1) is 0 Å². The molecule has 0 heterocycles. The molecule has 1 aliphatic rings. The minimum Gasteiger partial charge on any atom is -0.458 e. The van der Waals surface area contributed by atoms with E-state index in [-0.39, 0.29) is 18.4 Å². The van der Waals surface area contributed by atoms with Crippen LogP contribution in [0.5, 0.6) is 0 Å². The Balaban J connectivity index is 1.61. The van der Waals surface area contributed by atoms with Crippen LogP contribution in [0.15, 0.2) is 48.5 Å². The number of benzene rings is 2. The topological polar surface area (TPSA) is 93.7 Å². The fourth-order valence-corrected chi connectivity index (χ4v) is 4.14. The van der Waals surface area contributed by atoms with Gasteiger partial charge >= 0.3 is 12.1 Å². The molecule has 0 bridgehead atoms. The van der Waals surface area contributed by atoms with Gasteiger partial charge in [-0.25, -0.2) is 9.59 Å². The molecule has 2 aromatic rings. The lowest BCUT2D eigenvalue weighted by Crippen LogP contribution is -2.44. The highest BCUT2D eigenvalue weighted by molar-refractivity contribution is 5.82. The van der Waals surface area contributed by atoms with E-state index in [2.05, 4.69) is 34.9 Å². The summed E-state index contributed by atoms with van der Waals surface area (Å²) in [4.78, 5) is 36.4. The number of alkyl carbamates (subject to hydrolysis) is 1. The number of carbonyl (C=O) groups is 3. The number of ether oxygens (including phenoxy) is 2. The number of nitrogens with one attached hydrogen (secondary N) is 2. The fourth-order valence-electron chi connectivity index (χ4n) is 4.14. The van der Waals surface area contributed by atoms with Crippen molar-refractivity contribution in [2.75, 3.05) is 13.2 Å². The molecule has 0 saturated heterocycles. The van der Waals surface area contributed by atoms with Crippen molar-refractivity contribution >= 4 is 18.0 Å². The Morgan fingerprint density at radius 1 is 0.941 bits per heavy atom. The highest BCUT2D eigenvalue weighted by atomic mass is 16.6. The number of rotatable bonds is 9. The van der Waals surface area contributed by atoms with E-state index in [4.69, 9.17) is 9.47 Å². The first-order valence-electron chi connectivity index (χ1n) is 11.7. The van der Waals surface area contributed by atoms with Gasteiger partial charge in [0.1, 0.15) is 18.2 Å². The molecular formula is C27H34N2O5. The van der Waals surface area contributed by atoms with Crippen LogP contribution < -0.4 is 10.6 Å². The maximum atomic E-state index is 12.7. The summed E-state index contributed by atoms with van der Waals surface area (Å²) >= 11 is 0. The molecule has 0 aromatic heterocycles. The van der Waals surface area contributed by atoms with Gasteiger partial charge in [0.2, 0.25) is 5.91 Å². The van der Waals surface area contributed by atoms with Gasteiger partial charge in [0.05, 0.1) is 0 Å². The lowest BCUT2D eigenvalue weighted by molar-refractivity contribution is -0.157. The quantitative estimate of drug-likeness (QED) is 0.418. The predicted octanol–water partition coefficient (Wildman–Crippen LogP) is 4.54. The molecule has 7 heteroatoms. The maximum Gasteiger partial charge on any atom is 0.407 e. The molecule has 0 spiro atoms. The number of carbonyl (C=O) groups excluding carboxylic acids is 3. The van der Waals surface area contributed by atoms with Gasteiger partial charge in [-0.2, -0.15) is 0 Å². The Labute approximate surface area is 201 Å². The molecule has 0 radical (unpaired) electrons. The maximum absolute atomic E-state index is 12.7. The van der Waals surface area contributed by atoms with Crippen molar-refractivity contribution in [3.05, 3.63) is 59.7 Å². The number of hydrogen-bond acceptors (Lipinski definition) is 5. The summed E-state index contributed by atoms with van der Waals surface area (Å²) in [6.45, 7) is 7.50. The third-order valence-corrected chi connectivity index (χ3v) is 5.62. The van der Waals surface area contributed by atoms with Crippen molar-refractivity contribution in [3.63, 3.8) is 0 Å². The fraction of sp³-hybridized carbons (Fsp3) is 0.444. The highest BCUT2D eigenvalue weighted by Gasteiger charge is 2.30. The highest BCUT2D eigenvalue weighted by Crippen LogP contribution is 2.44. The van der Waals surface area contributed by atoms with Gasteiger partial charge in [0.15, 0.2) is 0 Å². The molecule has 3 rings (SSSR count). The average Bonchev–Trinajstić information content (AvgIpc) is 3.09. The van der Waals surface area contributed by atoms with Gasteiger partial charge in [0, 0.05) is 19.4 Å². The summed E-state index contributed by atoms with van der Waals surface area (Å²) in [7, 11) is 0. The molecule has 0 fully saturated rings. The molecule has 2 amide bonds. The molecule has 1 atom stereocenters. The summed E-state index contributed by atoms with van der Waals surface area (Å²) in [5.41, 5.74) is 3.88. The second-order valence-corrected chi connectivity index (χ2v) is 9.53. The Hall–Kier alpha value is -3.35. The third-order valence-electron chi connectivity index (χ3n) is 5.62. The molecule has 1 aliphatic carbocycles. The lowest BCUT2D eigenvalue weighted by Gasteiger charge is -2.24. The van der Waals surface area contributed by atoms with Crippen molar-refractivity contribution in [1.29, 1.82) is 0 Å². The van der Waals surface area contributed by atoms with E-state index in [9.17, 15) is 14.4 Å². The Morgan fingerprint density at radius 3 is 2.09 bits per heavy atom. The van der Waals surface area contributed by atoms with E-state index in [1.54, 1.807) is 20.8 Å². The first-order chi connectivity index (χ1) is 16.2. The van der Waals surface area contributed by atoms with Crippen LogP contribution >= 0.6 is 0 Å². The van der Waals surface area contributed by atoms with E-state index >= 15 is 0 Å². The van der Waals surface area contributed by atoms with Crippen molar-refractivity contribution in [3.8, 4) is 11.1 Å². The summed E-state index contributed by atoms with van der Waals surface area (Å²) in [6, 6.07) is 15.4. The predicted molar refractivity (Wildman–Crippen MR) is 130 cm³/mol. The zero-order valence-corrected chi connectivity index (χ0v) is 20.4. The summed E-state index contributed by atoms with van der Waals surface area (Å²) in [5.74, 6) is -0.656. The van der Waals surface area contributed by atoms with E-state index in [1.807, 2.05) is 24.3 Å². The molecule has 34 heavy (non-hydrogen) atoms. The molecule has 2 aromatic carbocycles. The van der Waals surface area contributed by atoms with Gasteiger partial charge in [0.25, 0.3) is 0 Å². The number of hydrogen-bond donors (Lipinski definition) is 2. The van der Waals surface area contributed by atoms with Crippen LogP contribution in [-0.4, -0.2) is 42.8 Å². The first-order valence-corrected chi connectivity index (χ1v) is 11.7. The zero-order valence-electron chi connectivity index (χ0n) is 20.4. The van der Waals surface area contributed by atoms with Crippen LogP contribution in [0.3, 0.4) is 0 Å². The Bertz CT molecular complexity index is 982. The SMILES string of the molecule is CC(=O)NCCCCC(NC(=O)OCC1c2ccccc2-c2ccccc21)C(=O)OC(C)(C)C. The summed E-state index contributed by atoms with van der Waals surface area (Å²) in [6.07, 6.45) is 1.05. The minimum atomic E-state index is -0.827. The number of esters is 1. The van der Waals surface area contributed by atoms with Crippen molar-refractivity contribution in [2.24, 2.45) is 0 Å². The second-order valence-electron chi connectivity index (χ2n) is 9.53. The number of fused-ring (bicyclic) bond motifs is 3. The second kappa shape index (κ2) is 11.2. The Morgan fingerprint density at radius 2 is 1.53 bits per heavy atom. The van der Waals surface area contributed by atoms with E-state index in [0.717, 1.165) is 22.3 Å². The smallest absolute Gasteiger partial charge is 0.407 e. The van der Waals surface area contributed by atoms with Gasteiger partial charge in [-0.1, -0.05) is 48.5 Å². The largest absolute Gasteiger partial charge is 0.458 e. The molecular weight excluding hydrogens is 432 g/mol. The molecule has 0 saturated carbocycles. The number of unbranched alkanes of at least 4 members (excludes halogenated alkanes) is 1.